The summed E-state index contributed by atoms with van der Waals surface area (Å²) in [6.07, 6.45) is 0.729. The number of carbonyl (C=O) groups is 1. The molecule has 0 saturated carbocycles. The van der Waals surface area contributed by atoms with Crippen molar-refractivity contribution in [3.05, 3.63) is 35.5 Å². The first-order valence-electron chi connectivity index (χ1n) is 6.87. The molecule has 0 unspecified atom stereocenters. The van der Waals surface area contributed by atoms with E-state index >= 15 is 0 Å². The van der Waals surface area contributed by atoms with E-state index in [0.29, 0.717) is 10.9 Å². The number of carboxylic acids is 1. The number of anilines is 2. The summed E-state index contributed by atoms with van der Waals surface area (Å²) >= 11 is 6.27. The van der Waals surface area contributed by atoms with Crippen LogP contribution in [0.3, 0.4) is 0 Å². The molecular formula is C16H23ClN2O2. The fourth-order valence-electron chi connectivity index (χ4n) is 2.25. The molecule has 0 atom stereocenters. The largest absolute Gasteiger partial charge is 0.480 e. The molecule has 0 aliphatic rings. The lowest BCUT2D eigenvalue weighted by Gasteiger charge is -2.30. The van der Waals surface area contributed by atoms with Crippen molar-refractivity contribution in [2.75, 3.05) is 30.4 Å². The minimum atomic E-state index is -0.899. The van der Waals surface area contributed by atoms with Gasteiger partial charge in [-0.3, -0.25) is 4.79 Å². The smallest absolute Gasteiger partial charge is 0.323 e. The molecule has 0 radical (unpaired) electrons. The first-order chi connectivity index (χ1) is 9.73. The van der Waals surface area contributed by atoms with Crippen molar-refractivity contribution in [3.63, 3.8) is 0 Å². The van der Waals surface area contributed by atoms with E-state index in [0.717, 1.165) is 23.5 Å². The van der Waals surface area contributed by atoms with Crippen LogP contribution in [0, 0.1) is 5.92 Å². The number of benzene rings is 1. The maximum Gasteiger partial charge on any atom is 0.323 e. The molecular weight excluding hydrogens is 288 g/mol. The van der Waals surface area contributed by atoms with Gasteiger partial charge in [0.25, 0.3) is 0 Å². The van der Waals surface area contributed by atoms with Crippen LogP contribution in [0.5, 0.6) is 0 Å². The summed E-state index contributed by atoms with van der Waals surface area (Å²) in [6, 6.07) is 5.49. The van der Waals surface area contributed by atoms with Crippen LogP contribution in [0.25, 0.3) is 0 Å². The third-order valence-electron chi connectivity index (χ3n) is 3.02. The van der Waals surface area contributed by atoms with E-state index in [4.69, 9.17) is 11.6 Å². The topological polar surface area (TPSA) is 43.8 Å². The molecule has 116 valence electrons. The fourth-order valence-corrected chi connectivity index (χ4v) is 2.59. The molecule has 5 heteroatoms. The zero-order chi connectivity index (χ0) is 16.2. The Bertz CT molecular complexity index is 527. The predicted molar refractivity (Wildman–Crippen MR) is 89.4 cm³/mol. The zero-order valence-electron chi connectivity index (χ0n) is 13.1. The van der Waals surface area contributed by atoms with Crippen molar-refractivity contribution < 1.29 is 9.90 Å². The summed E-state index contributed by atoms with van der Waals surface area (Å²) in [5.41, 5.74) is 2.34. The van der Waals surface area contributed by atoms with Gasteiger partial charge >= 0.3 is 5.97 Å². The molecule has 0 aliphatic carbocycles. The molecule has 1 rings (SSSR count). The summed E-state index contributed by atoms with van der Waals surface area (Å²) < 4.78 is 0. The average molecular weight is 311 g/mol. The van der Waals surface area contributed by atoms with Crippen LogP contribution in [0.15, 0.2) is 30.5 Å². The van der Waals surface area contributed by atoms with E-state index in [-0.39, 0.29) is 6.54 Å². The Hall–Kier alpha value is -1.68. The number of para-hydroxylation sites is 1. The molecule has 0 spiro atoms. The highest BCUT2D eigenvalue weighted by atomic mass is 35.5. The number of hydrogen-bond acceptors (Lipinski definition) is 3. The molecule has 1 aromatic carbocycles. The van der Waals surface area contributed by atoms with Gasteiger partial charge < -0.3 is 14.9 Å². The number of nitrogens with zero attached hydrogens (tertiary/aromatic N) is 2. The van der Waals surface area contributed by atoms with Crippen molar-refractivity contribution in [2.45, 2.75) is 20.3 Å². The standard InChI is InChI=1S/C16H23ClN2O2/c1-11(2)9-12(3)19(10-15(20)21)14-8-6-7-13(17)16(14)18(4)5/h6-8,11H,3,9-10H2,1-2,4-5H3,(H,20,21). The van der Waals surface area contributed by atoms with Gasteiger partial charge in [0.2, 0.25) is 0 Å². The Morgan fingerprint density at radius 1 is 1.38 bits per heavy atom. The normalized spacial score (nSPS) is 10.6. The second-order valence-electron chi connectivity index (χ2n) is 5.65. The van der Waals surface area contributed by atoms with Crippen LogP contribution >= 0.6 is 11.6 Å². The number of allylic oxidation sites excluding steroid dienone is 1. The predicted octanol–water partition coefficient (Wildman–Crippen LogP) is 3.86. The minimum absolute atomic E-state index is 0.132. The molecule has 1 N–H and O–H groups in total. The average Bonchev–Trinajstić information content (AvgIpc) is 2.33. The van der Waals surface area contributed by atoms with Crippen LogP contribution in [-0.4, -0.2) is 31.7 Å². The van der Waals surface area contributed by atoms with Crippen molar-refractivity contribution in [3.8, 4) is 0 Å². The third kappa shape index (κ3) is 4.67. The fraction of sp³-hybridized carbons (Fsp3) is 0.438. The lowest BCUT2D eigenvalue weighted by molar-refractivity contribution is -0.135. The maximum atomic E-state index is 11.2. The maximum absolute atomic E-state index is 11.2. The van der Waals surface area contributed by atoms with Gasteiger partial charge in [-0.05, 0) is 24.5 Å². The second kappa shape index (κ2) is 7.36. The van der Waals surface area contributed by atoms with E-state index in [1.54, 1.807) is 11.0 Å². The Kier molecular flexibility index (Phi) is 6.09. The summed E-state index contributed by atoms with van der Waals surface area (Å²) in [7, 11) is 3.77. The van der Waals surface area contributed by atoms with Crippen LogP contribution < -0.4 is 9.80 Å². The van der Waals surface area contributed by atoms with Crippen LogP contribution in [-0.2, 0) is 4.79 Å². The number of carboxylic acid groups (broad SMARTS) is 1. The number of hydrogen-bond donors (Lipinski definition) is 1. The highest BCUT2D eigenvalue weighted by Gasteiger charge is 2.20. The summed E-state index contributed by atoms with van der Waals surface area (Å²) in [4.78, 5) is 14.8. The van der Waals surface area contributed by atoms with Crippen molar-refractivity contribution >= 4 is 28.9 Å². The Morgan fingerprint density at radius 2 is 2.00 bits per heavy atom. The first-order valence-corrected chi connectivity index (χ1v) is 7.24. The Labute approximate surface area is 131 Å². The zero-order valence-corrected chi connectivity index (χ0v) is 13.8. The van der Waals surface area contributed by atoms with E-state index in [2.05, 4.69) is 20.4 Å². The van der Waals surface area contributed by atoms with E-state index in [1.807, 2.05) is 31.1 Å². The highest BCUT2D eigenvalue weighted by Crippen LogP contribution is 2.37. The molecule has 4 nitrogen and oxygen atoms in total. The quantitative estimate of drug-likeness (QED) is 0.830. The molecule has 0 heterocycles. The van der Waals surface area contributed by atoms with Gasteiger partial charge in [-0.1, -0.05) is 38.1 Å². The van der Waals surface area contributed by atoms with Gasteiger partial charge in [-0.2, -0.15) is 0 Å². The molecule has 21 heavy (non-hydrogen) atoms. The SMILES string of the molecule is C=C(CC(C)C)N(CC(=O)O)c1cccc(Cl)c1N(C)C. The summed E-state index contributed by atoms with van der Waals surface area (Å²) in [5, 5.41) is 9.79. The molecule has 0 bridgehead atoms. The molecule has 0 amide bonds. The third-order valence-corrected chi connectivity index (χ3v) is 3.33. The molecule has 0 aliphatic heterocycles. The first kappa shape index (κ1) is 17.4. The van der Waals surface area contributed by atoms with Crippen molar-refractivity contribution in [1.29, 1.82) is 0 Å². The molecule has 0 saturated heterocycles. The molecule has 0 fully saturated rings. The van der Waals surface area contributed by atoms with Crippen LogP contribution in [0.1, 0.15) is 20.3 Å². The van der Waals surface area contributed by atoms with Gasteiger partial charge in [-0.25, -0.2) is 0 Å². The minimum Gasteiger partial charge on any atom is -0.480 e. The van der Waals surface area contributed by atoms with Gasteiger partial charge in [0, 0.05) is 19.8 Å². The van der Waals surface area contributed by atoms with Crippen molar-refractivity contribution in [1.82, 2.24) is 0 Å². The lowest BCUT2D eigenvalue weighted by Crippen LogP contribution is -2.30. The van der Waals surface area contributed by atoms with E-state index in [9.17, 15) is 9.90 Å². The Balaban J connectivity index is 3.29. The van der Waals surface area contributed by atoms with Gasteiger partial charge in [0.1, 0.15) is 6.54 Å². The van der Waals surface area contributed by atoms with Crippen LogP contribution in [0.2, 0.25) is 5.02 Å². The van der Waals surface area contributed by atoms with Crippen LogP contribution in [0.4, 0.5) is 11.4 Å². The molecule has 1 aromatic rings. The van der Waals surface area contributed by atoms with Gasteiger partial charge in [-0.15, -0.1) is 0 Å². The van der Waals surface area contributed by atoms with Gasteiger partial charge in [0.15, 0.2) is 0 Å². The van der Waals surface area contributed by atoms with E-state index in [1.165, 1.54) is 0 Å². The van der Waals surface area contributed by atoms with E-state index < -0.39 is 5.97 Å². The second-order valence-corrected chi connectivity index (χ2v) is 6.05. The Morgan fingerprint density at radius 3 is 2.48 bits per heavy atom. The monoisotopic (exact) mass is 310 g/mol. The number of aliphatic carboxylic acids is 1. The molecule has 0 aromatic heterocycles. The lowest BCUT2D eigenvalue weighted by atomic mass is 10.1. The van der Waals surface area contributed by atoms with Gasteiger partial charge in [0.05, 0.1) is 16.4 Å². The highest BCUT2D eigenvalue weighted by molar-refractivity contribution is 6.34. The number of rotatable bonds is 7. The summed E-state index contributed by atoms with van der Waals surface area (Å²) in [6.45, 7) is 8.08. The van der Waals surface area contributed by atoms with Crippen molar-refractivity contribution in [2.24, 2.45) is 5.92 Å². The number of halogens is 1. The summed E-state index contributed by atoms with van der Waals surface area (Å²) in [5.74, 6) is -0.500.